The molecule has 0 aliphatic rings. The maximum Gasteiger partial charge on any atom is 0.255 e. The van der Waals surface area contributed by atoms with Gasteiger partial charge < -0.3 is 15.8 Å². The summed E-state index contributed by atoms with van der Waals surface area (Å²) >= 11 is 3.35. The number of nitrogens with one attached hydrogen (secondary N) is 1. The Morgan fingerprint density at radius 2 is 1.95 bits per heavy atom. The van der Waals surface area contributed by atoms with Crippen molar-refractivity contribution in [3.8, 4) is 5.75 Å². The predicted octanol–water partition coefficient (Wildman–Crippen LogP) is 3.01. The Labute approximate surface area is 132 Å². The third-order valence-corrected chi connectivity index (χ3v) is 3.58. The summed E-state index contributed by atoms with van der Waals surface area (Å²) in [5.74, 6) is 0.407. The summed E-state index contributed by atoms with van der Waals surface area (Å²) in [5.41, 5.74) is 8.03. The van der Waals surface area contributed by atoms with E-state index in [0.717, 1.165) is 22.1 Å². The smallest absolute Gasteiger partial charge is 0.255 e. The van der Waals surface area contributed by atoms with Gasteiger partial charge in [0, 0.05) is 16.7 Å². The molecule has 0 aromatic heterocycles. The Bertz CT molecular complexity index is 627. The van der Waals surface area contributed by atoms with Crippen molar-refractivity contribution in [2.24, 2.45) is 0 Å². The van der Waals surface area contributed by atoms with Crippen LogP contribution in [0.1, 0.15) is 15.9 Å². The first-order valence-corrected chi connectivity index (χ1v) is 7.35. The molecular formula is C16H17BrN2O2. The van der Waals surface area contributed by atoms with E-state index in [1.165, 1.54) is 0 Å². The molecule has 2 rings (SSSR count). The fraction of sp³-hybridized carbons (Fsp3) is 0.188. The minimum absolute atomic E-state index is 0.144. The van der Waals surface area contributed by atoms with E-state index in [9.17, 15) is 4.79 Å². The second kappa shape index (κ2) is 7.13. The first-order valence-electron chi connectivity index (χ1n) is 6.56. The number of methoxy groups -OCH3 is 1. The summed E-state index contributed by atoms with van der Waals surface area (Å²) in [4.78, 5) is 12.2. The van der Waals surface area contributed by atoms with Crippen molar-refractivity contribution in [3.63, 3.8) is 0 Å². The predicted molar refractivity (Wildman–Crippen MR) is 87.6 cm³/mol. The Balaban J connectivity index is 1.94. The van der Waals surface area contributed by atoms with Crippen LogP contribution in [0.4, 0.5) is 5.69 Å². The highest BCUT2D eigenvalue weighted by Crippen LogP contribution is 2.23. The maximum atomic E-state index is 12.2. The average molecular weight is 349 g/mol. The molecule has 0 aliphatic heterocycles. The van der Waals surface area contributed by atoms with Crippen LogP contribution in [0.15, 0.2) is 46.9 Å². The van der Waals surface area contributed by atoms with Gasteiger partial charge in [-0.25, -0.2) is 0 Å². The van der Waals surface area contributed by atoms with E-state index in [1.807, 2.05) is 30.3 Å². The summed E-state index contributed by atoms with van der Waals surface area (Å²) in [6.07, 6.45) is 0.755. The minimum atomic E-state index is -0.144. The normalized spacial score (nSPS) is 10.2. The highest BCUT2D eigenvalue weighted by molar-refractivity contribution is 9.10. The highest BCUT2D eigenvalue weighted by Gasteiger charge is 2.11. The van der Waals surface area contributed by atoms with Crippen molar-refractivity contribution in [1.82, 2.24) is 5.32 Å². The molecule has 2 aromatic rings. The molecule has 0 saturated carbocycles. The number of ether oxygens (including phenoxy) is 1. The highest BCUT2D eigenvalue weighted by atomic mass is 79.9. The third kappa shape index (κ3) is 4.23. The second-order valence-electron chi connectivity index (χ2n) is 4.59. The first-order chi connectivity index (χ1) is 10.1. The number of amides is 1. The van der Waals surface area contributed by atoms with Crippen LogP contribution in [-0.2, 0) is 6.42 Å². The average Bonchev–Trinajstić information content (AvgIpc) is 2.49. The lowest BCUT2D eigenvalue weighted by molar-refractivity contribution is 0.0951. The van der Waals surface area contributed by atoms with Gasteiger partial charge in [-0.05, 0) is 42.3 Å². The first kappa shape index (κ1) is 15.4. The van der Waals surface area contributed by atoms with E-state index in [-0.39, 0.29) is 5.91 Å². The molecule has 21 heavy (non-hydrogen) atoms. The van der Waals surface area contributed by atoms with Crippen molar-refractivity contribution in [2.45, 2.75) is 6.42 Å². The largest absolute Gasteiger partial charge is 0.496 e. The van der Waals surface area contributed by atoms with Gasteiger partial charge in [-0.1, -0.05) is 28.1 Å². The van der Waals surface area contributed by atoms with E-state index in [4.69, 9.17) is 10.5 Å². The van der Waals surface area contributed by atoms with Crippen LogP contribution in [0.2, 0.25) is 0 Å². The summed E-state index contributed by atoms with van der Waals surface area (Å²) < 4.78 is 6.09. The monoisotopic (exact) mass is 348 g/mol. The maximum absolute atomic E-state index is 12.2. The van der Waals surface area contributed by atoms with E-state index in [0.29, 0.717) is 17.9 Å². The molecule has 0 atom stereocenters. The molecule has 2 aromatic carbocycles. The number of benzene rings is 2. The van der Waals surface area contributed by atoms with Crippen LogP contribution in [0, 0.1) is 0 Å². The lowest BCUT2D eigenvalue weighted by Gasteiger charge is -2.10. The Morgan fingerprint density at radius 1 is 1.24 bits per heavy atom. The van der Waals surface area contributed by atoms with Gasteiger partial charge in [0.2, 0.25) is 0 Å². The van der Waals surface area contributed by atoms with Crippen molar-refractivity contribution in [3.05, 3.63) is 58.1 Å². The number of carbonyl (C=O) groups excluding carboxylic acids is 1. The molecule has 0 aliphatic carbocycles. The number of nitrogens with two attached hydrogens (primary N) is 1. The van der Waals surface area contributed by atoms with Gasteiger partial charge in [-0.15, -0.1) is 0 Å². The van der Waals surface area contributed by atoms with E-state index < -0.39 is 0 Å². The van der Waals surface area contributed by atoms with Crippen LogP contribution in [-0.4, -0.2) is 19.6 Å². The molecule has 0 saturated heterocycles. The number of carbonyl (C=O) groups is 1. The van der Waals surface area contributed by atoms with Crippen LogP contribution >= 0.6 is 15.9 Å². The SMILES string of the molecule is COc1cc(Br)ccc1C(=O)NCCc1ccc(N)cc1. The van der Waals surface area contributed by atoms with Gasteiger partial charge in [0.15, 0.2) is 0 Å². The van der Waals surface area contributed by atoms with Crippen LogP contribution in [0.5, 0.6) is 5.75 Å². The van der Waals surface area contributed by atoms with Gasteiger partial charge in [0.1, 0.15) is 5.75 Å². The molecule has 0 fully saturated rings. The van der Waals surface area contributed by atoms with E-state index >= 15 is 0 Å². The zero-order chi connectivity index (χ0) is 15.2. The lowest BCUT2D eigenvalue weighted by Crippen LogP contribution is -2.26. The second-order valence-corrected chi connectivity index (χ2v) is 5.51. The summed E-state index contributed by atoms with van der Waals surface area (Å²) in [5, 5.41) is 2.89. The summed E-state index contributed by atoms with van der Waals surface area (Å²) in [7, 11) is 1.55. The number of nitrogen functional groups attached to an aromatic ring is 1. The summed E-state index contributed by atoms with van der Waals surface area (Å²) in [6, 6.07) is 13.0. The number of hydrogen-bond donors (Lipinski definition) is 2. The van der Waals surface area contributed by atoms with Crippen LogP contribution < -0.4 is 15.8 Å². The van der Waals surface area contributed by atoms with Crippen molar-refractivity contribution < 1.29 is 9.53 Å². The van der Waals surface area contributed by atoms with Gasteiger partial charge in [0.05, 0.1) is 12.7 Å². The number of halogens is 1. The topological polar surface area (TPSA) is 64.3 Å². The van der Waals surface area contributed by atoms with Gasteiger partial charge in [-0.3, -0.25) is 4.79 Å². The zero-order valence-electron chi connectivity index (χ0n) is 11.7. The molecular weight excluding hydrogens is 332 g/mol. The summed E-state index contributed by atoms with van der Waals surface area (Å²) in [6.45, 7) is 0.558. The van der Waals surface area contributed by atoms with Gasteiger partial charge in [0.25, 0.3) is 5.91 Å². The van der Waals surface area contributed by atoms with Crippen molar-refractivity contribution in [2.75, 3.05) is 19.4 Å². The standard InChI is InChI=1S/C16H17BrN2O2/c1-21-15-10-12(17)4-7-14(15)16(20)19-9-8-11-2-5-13(18)6-3-11/h2-7,10H,8-9,18H2,1H3,(H,19,20). The number of rotatable bonds is 5. The van der Waals surface area contributed by atoms with Crippen LogP contribution in [0.25, 0.3) is 0 Å². The number of hydrogen-bond acceptors (Lipinski definition) is 3. The fourth-order valence-electron chi connectivity index (χ4n) is 1.95. The molecule has 0 radical (unpaired) electrons. The molecule has 1 amide bonds. The van der Waals surface area contributed by atoms with E-state index in [1.54, 1.807) is 19.2 Å². The Morgan fingerprint density at radius 3 is 2.62 bits per heavy atom. The molecule has 0 bridgehead atoms. The third-order valence-electron chi connectivity index (χ3n) is 3.09. The molecule has 3 N–H and O–H groups in total. The molecule has 4 nitrogen and oxygen atoms in total. The van der Waals surface area contributed by atoms with Crippen molar-refractivity contribution in [1.29, 1.82) is 0 Å². The molecule has 5 heteroatoms. The molecule has 0 heterocycles. The van der Waals surface area contributed by atoms with Gasteiger partial charge in [-0.2, -0.15) is 0 Å². The molecule has 0 unspecified atom stereocenters. The zero-order valence-corrected chi connectivity index (χ0v) is 13.3. The number of anilines is 1. The molecule has 110 valence electrons. The molecule has 0 spiro atoms. The minimum Gasteiger partial charge on any atom is -0.496 e. The van der Waals surface area contributed by atoms with Crippen LogP contribution in [0.3, 0.4) is 0 Å². The van der Waals surface area contributed by atoms with Gasteiger partial charge >= 0.3 is 0 Å². The Hall–Kier alpha value is -2.01. The Kier molecular flexibility index (Phi) is 5.22. The fourth-order valence-corrected chi connectivity index (χ4v) is 2.29. The van der Waals surface area contributed by atoms with Crippen molar-refractivity contribution >= 4 is 27.5 Å². The van der Waals surface area contributed by atoms with E-state index in [2.05, 4.69) is 21.2 Å². The lowest BCUT2D eigenvalue weighted by atomic mass is 10.1. The quantitative estimate of drug-likeness (QED) is 0.816.